The van der Waals surface area contributed by atoms with E-state index in [1.54, 1.807) is 6.07 Å². The minimum absolute atomic E-state index is 0.00227. The molecule has 0 unspecified atom stereocenters. The van der Waals surface area contributed by atoms with E-state index in [1.807, 2.05) is 0 Å². The second-order valence-electron chi connectivity index (χ2n) is 4.11. The Morgan fingerprint density at radius 3 is 2.71 bits per heavy atom. The maximum atomic E-state index is 13.3. The first-order valence-corrected chi connectivity index (χ1v) is 6.03. The third-order valence-electron chi connectivity index (χ3n) is 2.72. The topological polar surface area (TPSA) is 94.6 Å². The van der Waals surface area contributed by atoms with Crippen LogP contribution in [0.5, 0.6) is 0 Å². The van der Waals surface area contributed by atoms with Gasteiger partial charge in [0.2, 0.25) is 0 Å². The summed E-state index contributed by atoms with van der Waals surface area (Å²) in [6.45, 7) is 0.153. The summed E-state index contributed by atoms with van der Waals surface area (Å²) in [6.07, 6.45) is 0. The molecule has 0 aliphatic carbocycles. The van der Waals surface area contributed by atoms with Crippen molar-refractivity contribution in [2.24, 2.45) is 5.73 Å². The van der Waals surface area contributed by atoms with Gasteiger partial charge in [-0.25, -0.2) is 9.18 Å². The lowest BCUT2D eigenvalue weighted by atomic mass is 10.1. The van der Waals surface area contributed by atoms with E-state index >= 15 is 0 Å². The van der Waals surface area contributed by atoms with Crippen molar-refractivity contribution in [1.82, 2.24) is 0 Å². The first-order chi connectivity index (χ1) is 10.0. The number of anilines is 1. The number of hydrogen-bond donors (Lipinski definition) is 2. The molecule has 1 amide bonds. The van der Waals surface area contributed by atoms with Gasteiger partial charge in [0.05, 0.1) is 24.9 Å². The number of methoxy groups -OCH3 is 1. The van der Waals surface area contributed by atoms with Crippen LogP contribution in [0.3, 0.4) is 0 Å². The van der Waals surface area contributed by atoms with Crippen molar-refractivity contribution in [2.75, 3.05) is 12.4 Å². The lowest BCUT2D eigenvalue weighted by Crippen LogP contribution is -2.15. The average molecular weight is 292 g/mol. The molecule has 0 radical (unpaired) electrons. The van der Waals surface area contributed by atoms with Gasteiger partial charge in [-0.15, -0.1) is 0 Å². The average Bonchev–Trinajstić information content (AvgIpc) is 2.95. The van der Waals surface area contributed by atoms with E-state index in [2.05, 4.69) is 10.1 Å². The van der Waals surface area contributed by atoms with Gasteiger partial charge in [-0.2, -0.15) is 0 Å². The maximum Gasteiger partial charge on any atom is 0.339 e. The van der Waals surface area contributed by atoms with E-state index in [-0.39, 0.29) is 23.6 Å². The van der Waals surface area contributed by atoms with E-state index < -0.39 is 17.7 Å². The van der Waals surface area contributed by atoms with Gasteiger partial charge in [-0.1, -0.05) is 0 Å². The molecule has 0 saturated carbocycles. The van der Waals surface area contributed by atoms with E-state index in [1.165, 1.54) is 19.2 Å². The van der Waals surface area contributed by atoms with Crippen molar-refractivity contribution >= 4 is 17.6 Å². The Hall–Kier alpha value is -2.67. The van der Waals surface area contributed by atoms with Crippen molar-refractivity contribution < 1.29 is 23.1 Å². The number of carbonyl (C=O) groups excluding carboxylic acids is 2. The lowest BCUT2D eigenvalue weighted by molar-refractivity contribution is 0.0602. The molecule has 21 heavy (non-hydrogen) atoms. The summed E-state index contributed by atoms with van der Waals surface area (Å²) in [5, 5.41) is 2.41. The minimum atomic E-state index is -0.688. The highest BCUT2D eigenvalue weighted by Crippen LogP contribution is 2.19. The fourth-order valence-corrected chi connectivity index (χ4v) is 1.70. The maximum absolute atomic E-state index is 13.3. The number of nitrogens with one attached hydrogen (secondary N) is 1. The summed E-state index contributed by atoms with van der Waals surface area (Å²) >= 11 is 0. The zero-order valence-electron chi connectivity index (χ0n) is 11.2. The van der Waals surface area contributed by atoms with Crippen molar-refractivity contribution in [1.29, 1.82) is 0 Å². The normalized spacial score (nSPS) is 10.2. The fourth-order valence-electron chi connectivity index (χ4n) is 1.70. The molecule has 3 N–H and O–H groups in total. The van der Waals surface area contributed by atoms with E-state index in [4.69, 9.17) is 10.2 Å². The van der Waals surface area contributed by atoms with Crippen molar-refractivity contribution in [3.05, 3.63) is 53.2 Å². The zero-order chi connectivity index (χ0) is 15.4. The van der Waals surface area contributed by atoms with Crippen molar-refractivity contribution in [3.63, 3.8) is 0 Å². The largest absolute Gasteiger partial charge is 0.465 e. The molecule has 0 atom stereocenters. The molecule has 0 bridgehead atoms. The minimum Gasteiger partial charge on any atom is -0.465 e. The molecule has 6 nitrogen and oxygen atoms in total. The van der Waals surface area contributed by atoms with Gasteiger partial charge in [0.1, 0.15) is 11.6 Å². The number of ether oxygens (including phenoxy) is 1. The Kier molecular flexibility index (Phi) is 4.34. The van der Waals surface area contributed by atoms with E-state index in [9.17, 15) is 14.0 Å². The Balaban J connectivity index is 2.27. The SMILES string of the molecule is COC(=O)c1ccc(F)cc1NC(=O)c1ccc(CN)o1. The third kappa shape index (κ3) is 3.26. The van der Waals surface area contributed by atoms with Gasteiger partial charge in [0, 0.05) is 0 Å². The van der Waals surface area contributed by atoms with Crippen LogP contribution in [0.2, 0.25) is 0 Å². The summed E-state index contributed by atoms with van der Waals surface area (Å²) in [5.74, 6) is -1.46. The predicted octanol–water partition coefficient (Wildman–Crippen LogP) is 1.92. The second-order valence-corrected chi connectivity index (χ2v) is 4.11. The molecular weight excluding hydrogens is 279 g/mol. The molecule has 1 aromatic heterocycles. The standard InChI is InChI=1S/C14H13FN2O4/c1-20-14(19)10-4-2-8(15)6-11(10)17-13(18)12-5-3-9(7-16)21-12/h2-6H,7,16H2,1H3,(H,17,18). The van der Waals surface area contributed by atoms with Crippen LogP contribution in [-0.2, 0) is 11.3 Å². The van der Waals surface area contributed by atoms with Gasteiger partial charge in [-0.3, -0.25) is 4.79 Å². The van der Waals surface area contributed by atoms with E-state index in [0.717, 1.165) is 12.1 Å². The van der Waals surface area contributed by atoms with E-state index in [0.29, 0.717) is 5.76 Å². The van der Waals surface area contributed by atoms with Crippen LogP contribution in [0.15, 0.2) is 34.7 Å². The monoisotopic (exact) mass is 292 g/mol. The number of halogens is 1. The van der Waals surface area contributed by atoms with Gasteiger partial charge >= 0.3 is 5.97 Å². The predicted molar refractivity (Wildman–Crippen MR) is 72.3 cm³/mol. The quantitative estimate of drug-likeness (QED) is 0.839. The summed E-state index contributed by atoms with van der Waals surface area (Å²) in [6, 6.07) is 6.35. The number of benzene rings is 1. The number of nitrogens with two attached hydrogens (primary N) is 1. The van der Waals surface area contributed by atoms with Gasteiger partial charge in [0.25, 0.3) is 5.91 Å². The molecule has 2 aromatic rings. The molecule has 0 saturated heterocycles. The molecule has 0 aliphatic rings. The highest BCUT2D eigenvalue weighted by atomic mass is 19.1. The zero-order valence-corrected chi connectivity index (χ0v) is 11.2. The van der Waals surface area contributed by atoms with Crippen LogP contribution < -0.4 is 11.1 Å². The highest BCUT2D eigenvalue weighted by Gasteiger charge is 2.17. The van der Waals surface area contributed by atoms with Crippen molar-refractivity contribution in [3.8, 4) is 0 Å². The fraction of sp³-hybridized carbons (Fsp3) is 0.143. The van der Waals surface area contributed by atoms with Crippen LogP contribution in [-0.4, -0.2) is 19.0 Å². The highest BCUT2D eigenvalue weighted by molar-refractivity contribution is 6.06. The van der Waals surface area contributed by atoms with Crippen LogP contribution in [0.25, 0.3) is 0 Å². The first kappa shape index (κ1) is 14.7. The van der Waals surface area contributed by atoms with Crippen LogP contribution >= 0.6 is 0 Å². The van der Waals surface area contributed by atoms with Gasteiger partial charge < -0.3 is 20.2 Å². The number of furan rings is 1. The summed E-state index contributed by atoms with van der Waals surface area (Å²) in [7, 11) is 1.19. The Morgan fingerprint density at radius 1 is 1.33 bits per heavy atom. The molecule has 0 fully saturated rings. The summed E-state index contributed by atoms with van der Waals surface area (Å²) in [4.78, 5) is 23.6. The molecule has 1 aromatic carbocycles. The Morgan fingerprint density at radius 2 is 2.10 bits per heavy atom. The first-order valence-electron chi connectivity index (χ1n) is 6.03. The summed E-state index contributed by atoms with van der Waals surface area (Å²) in [5.41, 5.74) is 5.42. The molecule has 2 rings (SSSR count). The van der Waals surface area contributed by atoms with Crippen LogP contribution in [0, 0.1) is 5.82 Å². The smallest absolute Gasteiger partial charge is 0.339 e. The number of rotatable bonds is 4. The molecular formula is C14H13FN2O4. The lowest BCUT2D eigenvalue weighted by Gasteiger charge is -2.08. The molecule has 1 heterocycles. The number of esters is 1. The van der Waals surface area contributed by atoms with Gasteiger partial charge in [-0.05, 0) is 30.3 Å². The Bertz CT molecular complexity index is 681. The van der Waals surface area contributed by atoms with Gasteiger partial charge in [0.15, 0.2) is 5.76 Å². The molecule has 0 aliphatic heterocycles. The third-order valence-corrected chi connectivity index (χ3v) is 2.72. The number of amides is 1. The van der Waals surface area contributed by atoms with Crippen LogP contribution in [0.1, 0.15) is 26.7 Å². The summed E-state index contributed by atoms with van der Waals surface area (Å²) < 4.78 is 23.0. The molecule has 110 valence electrons. The Labute approximate surface area is 119 Å². The number of carbonyl (C=O) groups is 2. The molecule has 7 heteroatoms. The van der Waals surface area contributed by atoms with Crippen molar-refractivity contribution in [2.45, 2.75) is 6.54 Å². The van der Waals surface area contributed by atoms with Crippen LogP contribution in [0.4, 0.5) is 10.1 Å². The number of hydrogen-bond acceptors (Lipinski definition) is 5. The molecule has 0 spiro atoms. The second kappa shape index (κ2) is 6.19.